The molecule has 4 heteroatoms. The predicted molar refractivity (Wildman–Crippen MR) is 67.9 cm³/mol. The van der Waals surface area contributed by atoms with Crippen molar-refractivity contribution in [2.75, 3.05) is 19.0 Å². The Labute approximate surface area is 105 Å². The quantitative estimate of drug-likeness (QED) is 0.900. The molecule has 94 valence electrons. The molecule has 0 aliphatic carbocycles. The lowest BCUT2D eigenvalue weighted by Gasteiger charge is -2.37. The Morgan fingerprint density at radius 1 is 1.35 bits per heavy atom. The van der Waals surface area contributed by atoms with Crippen LogP contribution in [0.3, 0.4) is 0 Å². The lowest BCUT2D eigenvalue weighted by atomic mass is 9.90. The number of aromatic hydroxyl groups is 1. The first-order chi connectivity index (χ1) is 8.16. The molecule has 0 radical (unpaired) electrons. The van der Waals surface area contributed by atoms with Crippen LogP contribution in [0.1, 0.15) is 25.3 Å². The van der Waals surface area contributed by atoms with Crippen LogP contribution in [0.4, 0.5) is 4.39 Å². The first-order valence-electron chi connectivity index (χ1n) is 5.88. The van der Waals surface area contributed by atoms with E-state index in [0.717, 1.165) is 30.2 Å². The number of hydrogen-bond acceptors (Lipinski definition) is 3. The second kappa shape index (κ2) is 5.27. The number of rotatable bonds is 3. The van der Waals surface area contributed by atoms with Crippen LogP contribution >= 0.6 is 11.8 Å². The van der Waals surface area contributed by atoms with Crippen molar-refractivity contribution in [1.82, 2.24) is 0 Å². The van der Waals surface area contributed by atoms with Gasteiger partial charge < -0.3 is 9.84 Å². The molecule has 0 spiro atoms. The van der Waals surface area contributed by atoms with Gasteiger partial charge in [0.15, 0.2) is 0 Å². The second-order valence-corrected chi connectivity index (χ2v) is 5.89. The Balaban J connectivity index is 2.37. The summed E-state index contributed by atoms with van der Waals surface area (Å²) in [7, 11) is 0. The fourth-order valence-electron chi connectivity index (χ4n) is 2.33. The maximum Gasteiger partial charge on any atom is 0.127 e. The van der Waals surface area contributed by atoms with Crippen LogP contribution in [0.2, 0.25) is 0 Å². The molecule has 0 aromatic heterocycles. The third-order valence-electron chi connectivity index (χ3n) is 3.13. The van der Waals surface area contributed by atoms with Crippen molar-refractivity contribution >= 4 is 11.8 Å². The molecule has 0 amide bonds. The van der Waals surface area contributed by atoms with Crippen LogP contribution in [-0.4, -0.2) is 24.1 Å². The highest BCUT2D eigenvalue weighted by molar-refractivity contribution is 8.00. The average Bonchev–Trinajstić information content (AvgIpc) is 2.29. The molecule has 17 heavy (non-hydrogen) atoms. The molecule has 0 unspecified atom stereocenters. The van der Waals surface area contributed by atoms with Crippen LogP contribution < -0.4 is 0 Å². The van der Waals surface area contributed by atoms with Crippen molar-refractivity contribution in [2.45, 2.75) is 24.5 Å². The Bertz CT molecular complexity index is 363. The van der Waals surface area contributed by atoms with Gasteiger partial charge in [0.25, 0.3) is 0 Å². The summed E-state index contributed by atoms with van der Waals surface area (Å²) in [6, 6.07) is 4.36. The van der Waals surface area contributed by atoms with Gasteiger partial charge in [-0.1, -0.05) is 6.92 Å². The van der Waals surface area contributed by atoms with Crippen molar-refractivity contribution in [2.24, 2.45) is 0 Å². The van der Waals surface area contributed by atoms with Crippen LogP contribution in [0.25, 0.3) is 0 Å². The molecule has 1 saturated heterocycles. The summed E-state index contributed by atoms with van der Waals surface area (Å²) in [6.45, 7) is 3.50. The van der Waals surface area contributed by atoms with Gasteiger partial charge in [-0.3, -0.25) is 0 Å². The zero-order valence-corrected chi connectivity index (χ0v) is 10.7. The minimum Gasteiger partial charge on any atom is -0.508 e. The van der Waals surface area contributed by atoms with Gasteiger partial charge in [-0.15, -0.1) is 0 Å². The van der Waals surface area contributed by atoms with Crippen LogP contribution in [0.5, 0.6) is 5.75 Å². The summed E-state index contributed by atoms with van der Waals surface area (Å²) in [5, 5.41) is 9.53. The summed E-state index contributed by atoms with van der Waals surface area (Å²) in [6.07, 6.45) is 1.74. The number of phenols is 1. The Kier molecular flexibility index (Phi) is 3.94. The van der Waals surface area contributed by atoms with Crippen LogP contribution in [0, 0.1) is 5.82 Å². The van der Waals surface area contributed by atoms with Gasteiger partial charge in [0.05, 0.1) is 0 Å². The van der Waals surface area contributed by atoms with Gasteiger partial charge in [-0.25, -0.2) is 4.39 Å². The van der Waals surface area contributed by atoms with Gasteiger partial charge in [-0.2, -0.15) is 11.8 Å². The Morgan fingerprint density at radius 3 is 2.65 bits per heavy atom. The summed E-state index contributed by atoms with van der Waals surface area (Å²) in [5.74, 6) is 0.599. The van der Waals surface area contributed by atoms with Crippen molar-refractivity contribution in [1.29, 1.82) is 0 Å². The molecule has 2 rings (SSSR count). The van der Waals surface area contributed by atoms with E-state index < -0.39 is 0 Å². The number of hydrogen-bond donors (Lipinski definition) is 1. The van der Waals surface area contributed by atoms with Crippen LogP contribution in [-0.2, 0) is 9.48 Å². The fraction of sp³-hybridized carbons (Fsp3) is 0.538. The molecule has 2 nitrogen and oxygen atoms in total. The third-order valence-corrected chi connectivity index (χ3v) is 4.61. The summed E-state index contributed by atoms with van der Waals surface area (Å²) < 4.78 is 18.7. The van der Waals surface area contributed by atoms with E-state index in [-0.39, 0.29) is 16.3 Å². The molecule has 1 N–H and O–H groups in total. The lowest BCUT2D eigenvalue weighted by Crippen LogP contribution is -2.31. The highest BCUT2D eigenvalue weighted by Crippen LogP contribution is 2.45. The normalized spacial score (nSPS) is 19.2. The van der Waals surface area contributed by atoms with Gasteiger partial charge in [0, 0.05) is 24.0 Å². The minimum absolute atomic E-state index is 0.00238. The molecule has 1 aliphatic heterocycles. The number of benzene rings is 1. The third kappa shape index (κ3) is 2.75. The summed E-state index contributed by atoms with van der Waals surface area (Å²) in [5.41, 5.74) is 0.880. The molecule has 1 aromatic carbocycles. The summed E-state index contributed by atoms with van der Waals surface area (Å²) in [4.78, 5) is 0. The van der Waals surface area contributed by atoms with Gasteiger partial charge >= 0.3 is 0 Å². The SMILES string of the molecule is CCSC1(c2cc(O)cc(F)c2)CCOCC1. The summed E-state index contributed by atoms with van der Waals surface area (Å²) >= 11 is 1.81. The van der Waals surface area contributed by atoms with E-state index in [4.69, 9.17) is 4.74 Å². The lowest BCUT2D eigenvalue weighted by molar-refractivity contribution is 0.0767. The molecule has 1 heterocycles. The minimum atomic E-state index is -0.373. The molecule has 0 saturated carbocycles. The molecule has 1 fully saturated rings. The Hall–Kier alpha value is -0.740. The molecular weight excluding hydrogens is 239 g/mol. The smallest absolute Gasteiger partial charge is 0.127 e. The van der Waals surface area contributed by atoms with Crippen molar-refractivity contribution < 1.29 is 14.2 Å². The molecule has 1 aliphatic rings. The molecule has 0 atom stereocenters. The first-order valence-corrected chi connectivity index (χ1v) is 6.86. The van der Waals surface area contributed by atoms with E-state index in [0.29, 0.717) is 13.2 Å². The number of ether oxygens (including phenoxy) is 1. The molecule has 0 bridgehead atoms. The highest BCUT2D eigenvalue weighted by Gasteiger charge is 2.35. The van der Waals surface area contributed by atoms with Gasteiger partial charge in [0.2, 0.25) is 0 Å². The number of halogens is 1. The first kappa shape index (κ1) is 12.7. The van der Waals surface area contributed by atoms with E-state index in [1.54, 1.807) is 6.07 Å². The Morgan fingerprint density at radius 2 is 2.06 bits per heavy atom. The monoisotopic (exact) mass is 256 g/mol. The van der Waals surface area contributed by atoms with E-state index in [1.807, 2.05) is 11.8 Å². The van der Waals surface area contributed by atoms with Crippen LogP contribution in [0.15, 0.2) is 18.2 Å². The van der Waals surface area contributed by atoms with E-state index in [9.17, 15) is 9.50 Å². The predicted octanol–water partition coefficient (Wildman–Crippen LogP) is 3.29. The van der Waals surface area contributed by atoms with Crippen molar-refractivity contribution in [3.63, 3.8) is 0 Å². The largest absolute Gasteiger partial charge is 0.508 e. The topological polar surface area (TPSA) is 29.5 Å². The van der Waals surface area contributed by atoms with E-state index in [1.165, 1.54) is 6.07 Å². The standard InChI is InChI=1S/C13H17FO2S/c1-2-17-13(3-5-16-6-4-13)10-7-11(14)9-12(15)8-10/h7-9,15H,2-6H2,1H3. The second-order valence-electron chi connectivity index (χ2n) is 4.24. The zero-order valence-electron chi connectivity index (χ0n) is 9.91. The number of thioether (sulfide) groups is 1. The molecular formula is C13H17FO2S. The zero-order chi connectivity index (χ0) is 12.3. The average molecular weight is 256 g/mol. The van der Waals surface area contributed by atoms with Crippen molar-refractivity contribution in [3.8, 4) is 5.75 Å². The maximum atomic E-state index is 13.4. The van der Waals surface area contributed by atoms with E-state index >= 15 is 0 Å². The van der Waals surface area contributed by atoms with E-state index in [2.05, 4.69) is 6.92 Å². The molecule has 1 aromatic rings. The number of phenolic OH excluding ortho intramolecular Hbond substituents is 1. The maximum absolute atomic E-state index is 13.4. The van der Waals surface area contributed by atoms with Crippen molar-refractivity contribution in [3.05, 3.63) is 29.6 Å². The van der Waals surface area contributed by atoms with Gasteiger partial charge in [0.1, 0.15) is 11.6 Å². The highest BCUT2D eigenvalue weighted by atomic mass is 32.2. The van der Waals surface area contributed by atoms with Gasteiger partial charge in [-0.05, 0) is 36.3 Å². The fourth-order valence-corrected chi connectivity index (χ4v) is 3.62.